The Labute approximate surface area is 384 Å². The van der Waals surface area contributed by atoms with E-state index in [0.29, 0.717) is 12.8 Å². The van der Waals surface area contributed by atoms with E-state index in [2.05, 4.69) is 163 Å². The molecule has 2 aromatic rings. The molecule has 11 rings (SSSR count). The first kappa shape index (κ1) is 41.1. The zero-order valence-electron chi connectivity index (χ0n) is 38.0. The highest BCUT2D eigenvalue weighted by atomic mass is 15.5. The molecule has 0 bridgehead atoms. The molecule has 7 atom stereocenters. The molecule has 6 aliphatic carbocycles. The Balaban J connectivity index is 1.12. The summed E-state index contributed by atoms with van der Waals surface area (Å²) >= 11 is 0. The molecule has 1 aromatic heterocycles. The number of fused-ring (bicyclic) bond motifs is 5. The van der Waals surface area contributed by atoms with Gasteiger partial charge >= 0.3 is 0 Å². The summed E-state index contributed by atoms with van der Waals surface area (Å²) in [5.74, 6) is 1.49. The third kappa shape index (κ3) is 6.59. The summed E-state index contributed by atoms with van der Waals surface area (Å²) in [6.07, 6.45) is 45.0. The molecular weight excluding hydrogens is 795 g/mol. The number of dihydropyridines is 1. The van der Waals surface area contributed by atoms with Gasteiger partial charge in [0.25, 0.3) is 0 Å². The van der Waals surface area contributed by atoms with Crippen molar-refractivity contribution in [2.75, 3.05) is 7.05 Å². The van der Waals surface area contributed by atoms with Gasteiger partial charge in [0.15, 0.2) is 0 Å². The molecule has 324 valence electrons. The second kappa shape index (κ2) is 16.1. The average molecular weight is 852 g/mol. The molecular formula is C58H57N7. The van der Waals surface area contributed by atoms with Gasteiger partial charge in [-0.3, -0.25) is 4.99 Å². The Morgan fingerprint density at radius 2 is 1.71 bits per heavy atom. The first-order chi connectivity index (χ1) is 31.7. The van der Waals surface area contributed by atoms with Crippen LogP contribution in [0.3, 0.4) is 0 Å². The summed E-state index contributed by atoms with van der Waals surface area (Å²) in [5, 5.41) is 30.9. The molecule has 0 spiro atoms. The number of allylic oxidation sites excluding steroid dienone is 16. The fourth-order valence-electron chi connectivity index (χ4n) is 12.8. The number of nitrogens with zero attached hydrogens (tertiary/aromatic N) is 7. The van der Waals surface area contributed by atoms with Crippen LogP contribution in [0, 0.1) is 57.2 Å². The fourth-order valence-corrected chi connectivity index (χ4v) is 12.8. The van der Waals surface area contributed by atoms with Crippen LogP contribution in [0.5, 0.6) is 0 Å². The Morgan fingerprint density at radius 1 is 0.862 bits per heavy atom. The van der Waals surface area contributed by atoms with Gasteiger partial charge in [-0.25, -0.2) is 0 Å². The Kier molecular flexibility index (Phi) is 10.2. The average Bonchev–Trinajstić information content (AvgIpc) is 3.81. The number of aliphatic imine (C=N–C) groups is 1. The quantitative estimate of drug-likeness (QED) is 0.270. The Hall–Kier alpha value is -6.62. The van der Waals surface area contributed by atoms with Gasteiger partial charge < -0.3 is 14.4 Å². The predicted molar refractivity (Wildman–Crippen MR) is 259 cm³/mol. The highest BCUT2D eigenvalue weighted by Crippen LogP contribution is 2.54. The topological polar surface area (TPSA) is 95.1 Å². The van der Waals surface area contributed by atoms with Crippen molar-refractivity contribution in [2.24, 2.45) is 28.2 Å². The van der Waals surface area contributed by atoms with Crippen molar-refractivity contribution >= 4 is 17.9 Å². The minimum atomic E-state index is -0.533. The van der Waals surface area contributed by atoms with Crippen LogP contribution in [0.2, 0.25) is 0 Å². The lowest BCUT2D eigenvalue weighted by molar-refractivity contribution is 0.119. The van der Waals surface area contributed by atoms with Crippen molar-refractivity contribution in [3.05, 3.63) is 176 Å². The second-order valence-corrected chi connectivity index (χ2v) is 19.9. The van der Waals surface area contributed by atoms with Crippen LogP contribution in [-0.4, -0.2) is 33.3 Å². The van der Waals surface area contributed by atoms with E-state index in [9.17, 15) is 15.8 Å². The second-order valence-electron chi connectivity index (χ2n) is 19.9. The first-order valence-electron chi connectivity index (χ1n) is 24.0. The van der Waals surface area contributed by atoms with Gasteiger partial charge in [0.2, 0.25) is 0 Å². The van der Waals surface area contributed by atoms with Crippen molar-refractivity contribution in [1.29, 1.82) is 15.8 Å². The number of nitriles is 3. The molecule has 0 amide bonds. The Morgan fingerprint density at radius 3 is 2.57 bits per heavy atom. The van der Waals surface area contributed by atoms with E-state index in [-0.39, 0.29) is 29.8 Å². The standard InChI is InChI=1S/C58H57N7/c1-57(37-61)29-28-53-50(34-57)49-31-38(35-59)26-27-52(49)64(53)55-32-40(33-56(63(55)3)65-54-25-13-12-23-48(54)51-24-14-30-62-58(51,65)2)42-17-6-7-19-44(42)46-21-10-11-22-47(46)45-20-9-8-18-43(45)41-16-5-4-15-39(41)36-60/h7,9-11,13-16,19-22,24-27,30,32-33,38,43,45,51,55H,4-6,8,12,17-18,23,28-29,31,34H2,1-3H3. The molecule has 3 aliphatic heterocycles. The van der Waals surface area contributed by atoms with Crippen molar-refractivity contribution < 1.29 is 0 Å². The first-order valence-corrected chi connectivity index (χ1v) is 24.0. The number of aromatic nitrogens is 1. The number of rotatable bonds is 6. The largest absolute Gasteiger partial charge is 0.337 e. The van der Waals surface area contributed by atoms with E-state index in [1.165, 1.54) is 67.2 Å². The van der Waals surface area contributed by atoms with Gasteiger partial charge in [0.05, 0.1) is 35.1 Å². The van der Waals surface area contributed by atoms with Crippen LogP contribution < -0.4 is 0 Å². The van der Waals surface area contributed by atoms with Gasteiger partial charge in [0.1, 0.15) is 17.6 Å². The molecule has 7 heteroatoms. The summed E-state index contributed by atoms with van der Waals surface area (Å²) < 4.78 is 2.58. The maximum absolute atomic E-state index is 10.4. The summed E-state index contributed by atoms with van der Waals surface area (Å²) in [5.41, 5.74) is 15.2. The van der Waals surface area contributed by atoms with Crippen molar-refractivity contribution in [1.82, 2.24) is 14.4 Å². The summed E-state index contributed by atoms with van der Waals surface area (Å²) in [6.45, 7) is 4.42. The lowest BCUT2D eigenvalue weighted by Gasteiger charge is -2.47. The molecule has 0 fully saturated rings. The summed E-state index contributed by atoms with van der Waals surface area (Å²) in [4.78, 5) is 10.4. The number of hydrogen-bond donors (Lipinski definition) is 0. The normalized spacial score (nSPS) is 30.9. The van der Waals surface area contributed by atoms with Gasteiger partial charge in [-0.05, 0) is 177 Å². The summed E-state index contributed by atoms with van der Waals surface area (Å²) in [7, 11) is 2.26. The lowest BCUT2D eigenvalue weighted by atomic mass is 9.70. The van der Waals surface area contributed by atoms with Crippen molar-refractivity contribution in [3.8, 4) is 18.2 Å². The van der Waals surface area contributed by atoms with E-state index in [1.807, 2.05) is 6.21 Å². The van der Waals surface area contributed by atoms with E-state index in [1.54, 1.807) is 0 Å². The van der Waals surface area contributed by atoms with Gasteiger partial charge in [-0.15, -0.1) is 0 Å². The third-order valence-corrected chi connectivity index (χ3v) is 16.1. The van der Waals surface area contributed by atoms with Crippen LogP contribution in [0.15, 0.2) is 148 Å². The van der Waals surface area contributed by atoms with Crippen LogP contribution in [0.4, 0.5) is 0 Å². The van der Waals surface area contributed by atoms with Crippen LogP contribution in [0.1, 0.15) is 117 Å². The van der Waals surface area contributed by atoms with Crippen LogP contribution in [-0.2, 0) is 19.3 Å². The minimum absolute atomic E-state index is 0.152. The van der Waals surface area contributed by atoms with E-state index in [0.717, 1.165) is 75.6 Å². The van der Waals surface area contributed by atoms with E-state index >= 15 is 0 Å². The SMILES string of the molecule is CN1C(N2C3=C(CCC=C3)C3C=CC=NC32C)=CC(C2=C(c3ccccc3C3C=CCCC3C3=CCCC=C3C#N)C=CCC2)=CC1n1c2c(c3c1CCC(C)(C#N)C3)CC(C#N)C=C2. The van der Waals surface area contributed by atoms with Gasteiger partial charge in [-0.1, -0.05) is 78.9 Å². The molecule has 7 unspecified atom stereocenters. The molecule has 65 heavy (non-hydrogen) atoms. The smallest absolute Gasteiger partial charge is 0.144 e. The van der Waals surface area contributed by atoms with E-state index in [4.69, 9.17) is 4.99 Å². The zero-order chi connectivity index (χ0) is 44.5. The van der Waals surface area contributed by atoms with Crippen LogP contribution >= 0.6 is 0 Å². The zero-order valence-corrected chi connectivity index (χ0v) is 38.0. The maximum atomic E-state index is 10.4. The number of benzene rings is 1. The van der Waals surface area contributed by atoms with Crippen molar-refractivity contribution in [2.45, 2.75) is 109 Å². The van der Waals surface area contributed by atoms with Gasteiger partial charge in [-0.2, -0.15) is 15.8 Å². The van der Waals surface area contributed by atoms with Crippen LogP contribution in [0.25, 0.3) is 11.6 Å². The maximum Gasteiger partial charge on any atom is 0.144 e. The highest BCUT2D eigenvalue weighted by Gasteiger charge is 2.52. The molecule has 0 radical (unpaired) electrons. The monoisotopic (exact) mass is 851 g/mol. The highest BCUT2D eigenvalue weighted by molar-refractivity contribution is 5.84. The number of likely N-dealkylation sites (N-methyl/N-ethyl adjacent to an activating group) is 1. The molecule has 0 saturated carbocycles. The minimum Gasteiger partial charge on any atom is -0.337 e. The molecule has 4 heterocycles. The number of hydrogen-bond acceptors (Lipinski definition) is 6. The summed E-state index contributed by atoms with van der Waals surface area (Å²) in [6, 6.07) is 16.8. The molecule has 1 aromatic carbocycles. The molecule has 0 saturated heterocycles. The molecule has 7 nitrogen and oxygen atoms in total. The van der Waals surface area contributed by atoms with Gasteiger partial charge in [0, 0.05) is 42.2 Å². The molecule has 0 N–H and O–H groups in total. The fraction of sp³-hybridized carbons (Fsp3) is 0.379. The van der Waals surface area contributed by atoms with E-state index < -0.39 is 11.1 Å². The van der Waals surface area contributed by atoms with Crippen molar-refractivity contribution in [3.63, 3.8) is 0 Å². The predicted octanol–water partition coefficient (Wildman–Crippen LogP) is 12.3. The lowest BCUT2D eigenvalue weighted by Crippen LogP contribution is -2.49. The molecule has 9 aliphatic rings. The third-order valence-electron chi connectivity index (χ3n) is 16.1. The Bertz CT molecular complexity index is 2900.